The maximum absolute atomic E-state index is 5.92. The number of aromatic nitrogens is 1. The van der Waals surface area contributed by atoms with E-state index < -0.39 is 0 Å². The Labute approximate surface area is 103 Å². The molecule has 1 aliphatic carbocycles. The van der Waals surface area contributed by atoms with E-state index in [-0.39, 0.29) is 0 Å². The predicted octanol–water partition coefficient (Wildman–Crippen LogP) is 3.01. The van der Waals surface area contributed by atoms with Crippen LogP contribution in [-0.4, -0.2) is 11.1 Å². The van der Waals surface area contributed by atoms with E-state index in [0.717, 1.165) is 23.2 Å². The van der Waals surface area contributed by atoms with Crippen molar-refractivity contribution < 1.29 is 4.74 Å². The average molecular weight is 234 g/mol. The summed E-state index contributed by atoms with van der Waals surface area (Å²) in [7, 11) is 0. The first-order chi connectivity index (χ1) is 8.15. The van der Waals surface area contributed by atoms with Crippen LogP contribution in [-0.2, 0) is 11.3 Å². The standard InChI is InChI=1S/C14H22N2O/c1-10-3-4-14(7-11(10)2)17-9-13-8-12(15)5-6-16-13/h5-6,8,10-11,14H,3-4,7,9H2,1-2H3,(H2,15,16). The molecule has 0 radical (unpaired) electrons. The molecule has 1 saturated carbocycles. The fourth-order valence-electron chi connectivity index (χ4n) is 2.43. The van der Waals surface area contributed by atoms with Gasteiger partial charge in [0.1, 0.15) is 0 Å². The third kappa shape index (κ3) is 3.43. The van der Waals surface area contributed by atoms with Crippen LogP contribution in [0.2, 0.25) is 0 Å². The maximum atomic E-state index is 5.92. The summed E-state index contributed by atoms with van der Waals surface area (Å²) < 4.78 is 5.92. The molecule has 2 rings (SSSR count). The molecule has 94 valence electrons. The van der Waals surface area contributed by atoms with Crippen LogP contribution in [0.3, 0.4) is 0 Å². The van der Waals surface area contributed by atoms with Crippen molar-refractivity contribution in [1.29, 1.82) is 0 Å². The van der Waals surface area contributed by atoms with E-state index in [9.17, 15) is 0 Å². The number of anilines is 1. The first-order valence-electron chi connectivity index (χ1n) is 6.47. The molecular formula is C14H22N2O. The largest absolute Gasteiger partial charge is 0.399 e. The fourth-order valence-corrected chi connectivity index (χ4v) is 2.43. The molecule has 1 fully saturated rings. The van der Waals surface area contributed by atoms with Crippen LogP contribution in [0.1, 0.15) is 38.8 Å². The smallest absolute Gasteiger partial charge is 0.0892 e. The van der Waals surface area contributed by atoms with Crippen molar-refractivity contribution in [2.45, 2.75) is 45.8 Å². The Hall–Kier alpha value is -1.09. The van der Waals surface area contributed by atoms with Gasteiger partial charge in [0.05, 0.1) is 18.4 Å². The van der Waals surface area contributed by atoms with Crippen LogP contribution < -0.4 is 5.73 Å². The highest BCUT2D eigenvalue weighted by atomic mass is 16.5. The SMILES string of the molecule is CC1CCC(OCc2cc(N)ccn2)CC1C. The molecular weight excluding hydrogens is 212 g/mol. The van der Waals surface area contributed by atoms with Gasteiger partial charge in [-0.25, -0.2) is 0 Å². The van der Waals surface area contributed by atoms with E-state index in [0.29, 0.717) is 12.7 Å². The normalized spacial score (nSPS) is 29.2. The Morgan fingerprint density at radius 3 is 2.88 bits per heavy atom. The van der Waals surface area contributed by atoms with Gasteiger partial charge >= 0.3 is 0 Å². The Morgan fingerprint density at radius 1 is 1.35 bits per heavy atom. The molecule has 0 aromatic carbocycles. The first-order valence-corrected chi connectivity index (χ1v) is 6.47. The summed E-state index contributed by atoms with van der Waals surface area (Å²) in [5.74, 6) is 1.60. The lowest BCUT2D eigenvalue weighted by Gasteiger charge is -2.31. The van der Waals surface area contributed by atoms with Gasteiger partial charge in [0, 0.05) is 11.9 Å². The zero-order valence-corrected chi connectivity index (χ0v) is 10.7. The molecule has 17 heavy (non-hydrogen) atoms. The van der Waals surface area contributed by atoms with E-state index in [1.807, 2.05) is 6.07 Å². The van der Waals surface area contributed by atoms with Gasteiger partial charge < -0.3 is 10.5 Å². The minimum absolute atomic E-state index is 0.393. The monoisotopic (exact) mass is 234 g/mol. The maximum Gasteiger partial charge on any atom is 0.0892 e. The van der Waals surface area contributed by atoms with Crippen LogP contribution in [0.15, 0.2) is 18.3 Å². The molecule has 2 N–H and O–H groups in total. The average Bonchev–Trinajstić information content (AvgIpc) is 2.31. The minimum Gasteiger partial charge on any atom is -0.399 e. The van der Waals surface area contributed by atoms with Gasteiger partial charge in [0.25, 0.3) is 0 Å². The van der Waals surface area contributed by atoms with Crippen LogP contribution in [0.4, 0.5) is 5.69 Å². The van der Waals surface area contributed by atoms with Crippen molar-refractivity contribution in [2.75, 3.05) is 5.73 Å². The second-order valence-corrected chi connectivity index (χ2v) is 5.28. The van der Waals surface area contributed by atoms with E-state index in [1.165, 1.54) is 19.3 Å². The number of nitrogen functional groups attached to an aromatic ring is 1. The molecule has 0 amide bonds. The highest BCUT2D eigenvalue weighted by Gasteiger charge is 2.24. The summed E-state index contributed by atoms with van der Waals surface area (Å²) in [5, 5.41) is 0. The summed E-state index contributed by atoms with van der Waals surface area (Å²) in [6, 6.07) is 3.68. The van der Waals surface area contributed by atoms with E-state index in [2.05, 4.69) is 18.8 Å². The molecule has 3 atom stereocenters. The molecule has 3 unspecified atom stereocenters. The molecule has 1 aromatic rings. The molecule has 0 bridgehead atoms. The molecule has 1 aliphatic rings. The molecule has 0 aliphatic heterocycles. The molecule has 3 heteroatoms. The number of hydrogen-bond acceptors (Lipinski definition) is 3. The highest BCUT2D eigenvalue weighted by molar-refractivity contribution is 5.36. The topological polar surface area (TPSA) is 48.1 Å². The van der Waals surface area contributed by atoms with Crippen LogP contribution in [0.5, 0.6) is 0 Å². The zero-order valence-electron chi connectivity index (χ0n) is 10.7. The third-order valence-corrected chi connectivity index (χ3v) is 3.86. The molecule has 1 heterocycles. The van der Waals surface area contributed by atoms with Crippen molar-refractivity contribution in [2.24, 2.45) is 11.8 Å². The molecule has 3 nitrogen and oxygen atoms in total. The summed E-state index contributed by atoms with van der Waals surface area (Å²) in [6.45, 7) is 5.23. The van der Waals surface area contributed by atoms with Crippen molar-refractivity contribution >= 4 is 5.69 Å². The second-order valence-electron chi connectivity index (χ2n) is 5.28. The van der Waals surface area contributed by atoms with Gasteiger partial charge in [0.2, 0.25) is 0 Å². The zero-order chi connectivity index (χ0) is 12.3. The summed E-state index contributed by atoms with van der Waals surface area (Å²) in [4.78, 5) is 4.25. The van der Waals surface area contributed by atoms with Crippen molar-refractivity contribution in [3.63, 3.8) is 0 Å². The van der Waals surface area contributed by atoms with Gasteiger partial charge in [-0.15, -0.1) is 0 Å². The van der Waals surface area contributed by atoms with Crippen molar-refractivity contribution in [1.82, 2.24) is 4.98 Å². The Balaban J connectivity index is 1.82. The van der Waals surface area contributed by atoms with E-state index in [1.54, 1.807) is 12.3 Å². The predicted molar refractivity (Wildman–Crippen MR) is 69.4 cm³/mol. The Kier molecular flexibility index (Phi) is 4.00. The van der Waals surface area contributed by atoms with E-state index in [4.69, 9.17) is 10.5 Å². The first kappa shape index (κ1) is 12.4. The minimum atomic E-state index is 0.393. The quantitative estimate of drug-likeness (QED) is 0.874. The Bertz CT molecular complexity index is 367. The molecule has 0 spiro atoms. The number of ether oxygens (including phenoxy) is 1. The summed E-state index contributed by atoms with van der Waals surface area (Å²) in [6.07, 6.45) is 5.75. The van der Waals surface area contributed by atoms with Crippen LogP contribution in [0.25, 0.3) is 0 Å². The van der Waals surface area contributed by atoms with Crippen LogP contribution >= 0.6 is 0 Å². The van der Waals surface area contributed by atoms with Gasteiger partial charge in [-0.05, 0) is 43.2 Å². The lowest BCUT2D eigenvalue weighted by Crippen LogP contribution is -2.26. The van der Waals surface area contributed by atoms with Gasteiger partial charge in [-0.3, -0.25) is 4.98 Å². The number of nitrogens with zero attached hydrogens (tertiary/aromatic N) is 1. The molecule has 0 saturated heterocycles. The summed E-state index contributed by atoms with van der Waals surface area (Å²) in [5.41, 5.74) is 7.39. The number of rotatable bonds is 3. The van der Waals surface area contributed by atoms with Crippen LogP contribution in [0, 0.1) is 11.8 Å². The number of pyridine rings is 1. The fraction of sp³-hybridized carbons (Fsp3) is 0.643. The lowest BCUT2D eigenvalue weighted by atomic mass is 9.80. The number of hydrogen-bond donors (Lipinski definition) is 1. The third-order valence-electron chi connectivity index (χ3n) is 3.86. The van der Waals surface area contributed by atoms with Crippen molar-refractivity contribution in [3.8, 4) is 0 Å². The number of nitrogens with two attached hydrogens (primary N) is 1. The summed E-state index contributed by atoms with van der Waals surface area (Å²) >= 11 is 0. The second kappa shape index (κ2) is 5.50. The lowest BCUT2D eigenvalue weighted by molar-refractivity contribution is -0.00873. The van der Waals surface area contributed by atoms with Crippen molar-refractivity contribution in [3.05, 3.63) is 24.0 Å². The van der Waals surface area contributed by atoms with E-state index >= 15 is 0 Å². The van der Waals surface area contributed by atoms with Gasteiger partial charge in [-0.1, -0.05) is 13.8 Å². The highest BCUT2D eigenvalue weighted by Crippen LogP contribution is 2.31. The molecule has 1 aromatic heterocycles. The van der Waals surface area contributed by atoms with Gasteiger partial charge in [0.15, 0.2) is 0 Å². The Morgan fingerprint density at radius 2 is 2.18 bits per heavy atom. The van der Waals surface area contributed by atoms with Gasteiger partial charge in [-0.2, -0.15) is 0 Å².